The molecule has 0 unspecified atom stereocenters. The molecule has 0 spiro atoms. The zero-order valence-corrected chi connectivity index (χ0v) is 11.5. The highest BCUT2D eigenvalue weighted by Gasteiger charge is 2.06. The number of methoxy groups -OCH3 is 1. The summed E-state index contributed by atoms with van der Waals surface area (Å²) in [4.78, 5) is 7.66. The number of H-pyrrole nitrogens is 1. The Bertz CT molecular complexity index is 797. The monoisotopic (exact) mass is 275 g/mol. The summed E-state index contributed by atoms with van der Waals surface area (Å²) in [5.41, 5.74) is 3.48. The summed E-state index contributed by atoms with van der Waals surface area (Å²) < 4.78 is 5.15. The highest BCUT2D eigenvalue weighted by atomic mass is 16.5. The summed E-state index contributed by atoms with van der Waals surface area (Å²) in [5, 5.41) is 8.95. The fourth-order valence-corrected chi connectivity index (χ4v) is 2.12. The molecule has 0 aliphatic heterocycles. The highest BCUT2D eigenvalue weighted by Crippen LogP contribution is 2.24. The second-order valence-electron chi connectivity index (χ2n) is 4.57. The normalized spacial score (nSPS) is 10.1. The number of rotatable bonds is 3. The molecule has 0 saturated carbocycles. The Morgan fingerprint density at radius 3 is 2.62 bits per heavy atom. The van der Waals surface area contributed by atoms with Gasteiger partial charge in [0.1, 0.15) is 11.6 Å². The van der Waals surface area contributed by atoms with E-state index in [1.165, 1.54) is 0 Å². The predicted molar refractivity (Wildman–Crippen MR) is 80.7 cm³/mol. The van der Waals surface area contributed by atoms with Gasteiger partial charge in [-0.2, -0.15) is 5.26 Å². The lowest BCUT2D eigenvalue weighted by Crippen LogP contribution is -1.84. The largest absolute Gasteiger partial charge is 0.497 e. The van der Waals surface area contributed by atoms with Crippen LogP contribution in [0.15, 0.2) is 54.7 Å². The standard InChI is InChI=1S/C17H13N3O/c1-21-15-7-5-13(6-8-15)16-11-19-17(20-16)14-4-2-3-12(9-14)10-18/h2-9,11H,1H3,(H,19,20). The molecule has 0 aliphatic rings. The molecule has 0 radical (unpaired) electrons. The van der Waals surface area contributed by atoms with Crippen molar-refractivity contribution in [3.8, 4) is 34.5 Å². The Kier molecular flexibility index (Phi) is 3.40. The molecule has 21 heavy (non-hydrogen) atoms. The number of nitrogens with zero attached hydrogens (tertiary/aromatic N) is 2. The van der Waals surface area contributed by atoms with Gasteiger partial charge in [0.2, 0.25) is 0 Å². The smallest absolute Gasteiger partial charge is 0.137 e. The highest BCUT2D eigenvalue weighted by molar-refractivity contribution is 5.65. The molecule has 102 valence electrons. The van der Waals surface area contributed by atoms with Crippen LogP contribution in [0.1, 0.15) is 5.56 Å². The lowest BCUT2D eigenvalue weighted by molar-refractivity contribution is 0.415. The van der Waals surface area contributed by atoms with Crippen molar-refractivity contribution < 1.29 is 4.74 Å². The third-order valence-electron chi connectivity index (χ3n) is 3.24. The van der Waals surface area contributed by atoms with E-state index >= 15 is 0 Å². The summed E-state index contributed by atoms with van der Waals surface area (Å²) >= 11 is 0. The van der Waals surface area contributed by atoms with E-state index in [1.54, 1.807) is 19.4 Å². The van der Waals surface area contributed by atoms with Crippen molar-refractivity contribution in [2.75, 3.05) is 7.11 Å². The Hall–Kier alpha value is -3.06. The molecule has 0 fully saturated rings. The van der Waals surface area contributed by atoms with E-state index in [-0.39, 0.29) is 0 Å². The maximum Gasteiger partial charge on any atom is 0.137 e. The minimum absolute atomic E-state index is 0.620. The fraction of sp³-hybridized carbons (Fsp3) is 0.0588. The SMILES string of the molecule is COc1ccc(-c2cnc(-c3cccc(C#N)c3)[nH]2)cc1. The number of aromatic nitrogens is 2. The first kappa shape index (κ1) is 12.9. The number of hydrogen-bond acceptors (Lipinski definition) is 3. The van der Waals surface area contributed by atoms with Crippen molar-refractivity contribution in [3.63, 3.8) is 0 Å². The Labute approximate surface area is 122 Å². The van der Waals surface area contributed by atoms with E-state index in [0.29, 0.717) is 5.56 Å². The number of nitrogens with one attached hydrogen (secondary N) is 1. The molecule has 4 nitrogen and oxygen atoms in total. The number of aromatic amines is 1. The molecule has 3 aromatic rings. The lowest BCUT2D eigenvalue weighted by Gasteiger charge is -2.01. The van der Waals surface area contributed by atoms with Crippen LogP contribution in [0.3, 0.4) is 0 Å². The van der Waals surface area contributed by atoms with Gasteiger partial charge in [-0.15, -0.1) is 0 Å². The van der Waals surface area contributed by atoms with Crippen molar-refractivity contribution >= 4 is 0 Å². The van der Waals surface area contributed by atoms with Crippen LogP contribution in [-0.4, -0.2) is 17.1 Å². The van der Waals surface area contributed by atoms with E-state index in [9.17, 15) is 0 Å². The van der Waals surface area contributed by atoms with Gasteiger partial charge in [0.15, 0.2) is 0 Å². The number of hydrogen-bond donors (Lipinski definition) is 1. The molecule has 2 aromatic carbocycles. The van der Waals surface area contributed by atoms with Gasteiger partial charge in [-0.3, -0.25) is 0 Å². The quantitative estimate of drug-likeness (QED) is 0.794. The Morgan fingerprint density at radius 2 is 1.90 bits per heavy atom. The van der Waals surface area contributed by atoms with Gasteiger partial charge in [-0.25, -0.2) is 4.98 Å². The molecule has 0 atom stereocenters. The van der Waals surface area contributed by atoms with Gasteiger partial charge in [-0.05, 0) is 42.0 Å². The molecule has 0 saturated heterocycles. The fourth-order valence-electron chi connectivity index (χ4n) is 2.12. The van der Waals surface area contributed by atoms with Crippen LogP contribution in [0.5, 0.6) is 5.75 Å². The third kappa shape index (κ3) is 2.63. The summed E-state index contributed by atoms with van der Waals surface area (Å²) in [6.07, 6.45) is 1.79. The first-order valence-corrected chi connectivity index (χ1v) is 6.50. The van der Waals surface area contributed by atoms with Crippen LogP contribution in [-0.2, 0) is 0 Å². The van der Waals surface area contributed by atoms with Crippen LogP contribution < -0.4 is 4.74 Å². The van der Waals surface area contributed by atoms with E-state index in [0.717, 1.165) is 28.4 Å². The minimum atomic E-state index is 0.620. The molecule has 4 heteroatoms. The maximum absolute atomic E-state index is 8.95. The number of imidazole rings is 1. The molecule has 0 amide bonds. The van der Waals surface area contributed by atoms with E-state index in [1.807, 2.05) is 42.5 Å². The van der Waals surface area contributed by atoms with Gasteiger partial charge >= 0.3 is 0 Å². The van der Waals surface area contributed by atoms with Crippen LogP contribution in [0.4, 0.5) is 0 Å². The van der Waals surface area contributed by atoms with E-state index in [4.69, 9.17) is 10.00 Å². The van der Waals surface area contributed by atoms with E-state index < -0.39 is 0 Å². The minimum Gasteiger partial charge on any atom is -0.497 e. The summed E-state index contributed by atoms with van der Waals surface area (Å²) in [7, 11) is 1.64. The first-order chi connectivity index (χ1) is 10.3. The predicted octanol–water partition coefficient (Wildman–Crippen LogP) is 3.62. The average molecular weight is 275 g/mol. The van der Waals surface area contributed by atoms with Crippen molar-refractivity contribution in [2.45, 2.75) is 0 Å². The van der Waals surface area contributed by atoms with E-state index in [2.05, 4.69) is 16.0 Å². The molecule has 0 bridgehead atoms. The number of benzene rings is 2. The number of ether oxygens (including phenoxy) is 1. The van der Waals surface area contributed by atoms with Crippen LogP contribution in [0, 0.1) is 11.3 Å². The molecule has 0 aliphatic carbocycles. The van der Waals surface area contributed by atoms with Gasteiger partial charge < -0.3 is 9.72 Å². The maximum atomic E-state index is 8.95. The second-order valence-corrected chi connectivity index (χ2v) is 4.57. The first-order valence-electron chi connectivity index (χ1n) is 6.50. The molecular weight excluding hydrogens is 262 g/mol. The topological polar surface area (TPSA) is 61.7 Å². The van der Waals surface area contributed by atoms with Crippen LogP contribution in [0.2, 0.25) is 0 Å². The van der Waals surface area contributed by atoms with Crippen LogP contribution in [0.25, 0.3) is 22.6 Å². The molecule has 1 aromatic heterocycles. The molecule has 3 rings (SSSR count). The average Bonchev–Trinajstić information content (AvgIpc) is 3.05. The summed E-state index contributed by atoms with van der Waals surface area (Å²) in [6, 6.07) is 17.3. The van der Waals surface area contributed by atoms with Gasteiger partial charge in [0, 0.05) is 5.56 Å². The third-order valence-corrected chi connectivity index (χ3v) is 3.24. The van der Waals surface area contributed by atoms with Gasteiger partial charge in [0.05, 0.1) is 30.6 Å². The Morgan fingerprint density at radius 1 is 1.10 bits per heavy atom. The molecule has 1 N–H and O–H groups in total. The molecular formula is C17H13N3O. The van der Waals surface area contributed by atoms with Gasteiger partial charge in [0.25, 0.3) is 0 Å². The summed E-state index contributed by atoms with van der Waals surface area (Å²) in [5.74, 6) is 1.57. The lowest BCUT2D eigenvalue weighted by atomic mass is 10.1. The number of nitriles is 1. The zero-order chi connectivity index (χ0) is 14.7. The Balaban J connectivity index is 1.93. The summed E-state index contributed by atoms with van der Waals surface area (Å²) in [6.45, 7) is 0. The van der Waals surface area contributed by atoms with Crippen molar-refractivity contribution in [1.29, 1.82) is 5.26 Å². The van der Waals surface area contributed by atoms with Crippen molar-refractivity contribution in [1.82, 2.24) is 9.97 Å². The van der Waals surface area contributed by atoms with Crippen molar-refractivity contribution in [3.05, 3.63) is 60.3 Å². The zero-order valence-electron chi connectivity index (χ0n) is 11.5. The van der Waals surface area contributed by atoms with Crippen LogP contribution >= 0.6 is 0 Å². The second kappa shape index (κ2) is 5.51. The van der Waals surface area contributed by atoms with Gasteiger partial charge in [-0.1, -0.05) is 12.1 Å². The van der Waals surface area contributed by atoms with Crippen molar-refractivity contribution in [2.24, 2.45) is 0 Å². The molecule has 1 heterocycles.